The first-order valence-electron chi connectivity index (χ1n) is 10.1. The highest BCUT2D eigenvalue weighted by atomic mass is 16.5. The molecule has 10 heteroatoms. The number of amides is 2. The Kier molecular flexibility index (Phi) is 7.71. The van der Waals surface area contributed by atoms with Crippen LogP contribution in [-0.2, 0) is 11.8 Å². The van der Waals surface area contributed by atoms with Crippen molar-refractivity contribution >= 4 is 11.8 Å². The molecule has 1 saturated heterocycles. The summed E-state index contributed by atoms with van der Waals surface area (Å²) in [5.74, 6) is 1.35. The first-order valence-corrected chi connectivity index (χ1v) is 10.1. The van der Waals surface area contributed by atoms with Crippen molar-refractivity contribution in [2.75, 3.05) is 60.1 Å². The van der Waals surface area contributed by atoms with Gasteiger partial charge in [-0.05, 0) is 12.1 Å². The molecule has 2 amide bonds. The Morgan fingerprint density at radius 1 is 1.10 bits per heavy atom. The van der Waals surface area contributed by atoms with Gasteiger partial charge in [-0.1, -0.05) is 6.07 Å². The third-order valence-electron chi connectivity index (χ3n) is 5.04. The molecule has 168 valence electrons. The molecule has 1 aromatic heterocycles. The normalized spacial score (nSPS) is 14.2. The van der Waals surface area contributed by atoms with Crippen molar-refractivity contribution in [3.05, 3.63) is 36.0 Å². The van der Waals surface area contributed by atoms with Gasteiger partial charge in [0, 0.05) is 58.6 Å². The molecule has 1 aliphatic heterocycles. The molecule has 0 bridgehead atoms. The summed E-state index contributed by atoms with van der Waals surface area (Å²) in [7, 11) is 4.84. The lowest BCUT2D eigenvalue weighted by Gasteiger charge is -2.34. The van der Waals surface area contributed by atoms with Crippen molar-refractivity contribution in [3.63, 3.8) is 0 Å². The maximum atomic E-state index is 12.7. The fourth-order valence-corrected chi connectivity index (χ4v) is 3.35. The number of methoxy groups -OCH3 is 2. The smallest absolute Gasteiger partial charge is 0.261 e. The molecule has 0 atom stereocenters. The van der Waals surface area contributed by atoms with Crippen LogP contribution in [0.5, 0.6) is 17.4 Å². The van der Waals surface area contributed by atoms with Gasteiger partial charge in [-0.3, -0.25) is 19.2 Å². The Morgan fingerprint density at radius 2 is 1.84 bits per heavy atom. The van der Waals surface area contributed by atoms with E-state index in [1.807, 2.05) is 6.07 Å². The number of aryl methyl sites for hydroxylation is 1. The van der Waals surface area contributed by atoms with E-state index in [1.165, 1.54) is 7.11 Å². The highest BCUT2D eigenvalue weighted by molar-refractivity contribution is 5.96. The maximum Gasteiger partial charge on any atom is 0.261 e. The minimum atomic E-state index is -0.180. The van der Waals surface area contributed by atoms with Crippen LogP contribution in [0.3, 0.4) is 0 Å². The van der Waals surface area contributed by atoms with Gasteiger partial charge >= 0.3 is 0 Å². The van der Waals surface area contributed by atoms with Crippen molar-refractivity contribution in [1.82, 2.24) is 24.9 Å². The number of benzene rings is 1. The number of ether oxygens (including phenoxy) is 3. The largest absolute Gasteiger partial charge is 0.497 e. The first-order chi connectivity index (χ1) is 15.0. The summed E-state index contributed by atoms with van der Waals surface area (Å²) in [6.07, 6.45) is 1.68. The van der Waals surface area contributed by atoms with Crippen molar-refractivity contribution in [2.24, 2.45) is 7.05 Å². The van der Waals surface area contributed by atoms with Gasteiger partial charge in [0.05, 0.1) is 14.2 Å². The number of aromatic nitrogens is 2. The molecule has 0 radical (unpaired) electrons. The fraction of sp³-hybridized carbons (Fsp3) is 0.476. The number of piperazine rings is 1. The standard InChI is InChI=1S/C21H29N5O5/c1-24-14-18(20(23-24)30-3)21(28)26-11-9-25(10-12-26)8-7-22-19(27)15-31-17-6-4-5-16(13-17)29-2/h4-6,13-14H,7-12,15H2,1-3H3,(H,22,27). The third kappa shape index (κ3) is 6.11. The topological polar surface area (TPSA) is 98.2 Å². The Bertz CT molecular complexity index is 892. The second kappa shape index (κ2) is 10.7. The molecule has 2 aromatic rings. The lowest BCUT2D eigenvalue weighted by atomic mass is 10.2. The van der Waals surface area contributed by atoms with Crippen LogP contribution in [0.4, 0.5) is 0 Å². The number of carbonyl (C=O) groups is 2. The number of nitrogens with one attached hydrogen (secondary N) is 1. The van der Waals surface area contributed by atoms with Crippen LogP contribution in [0.2, 0.25) is 0 Å². The van der Waals surface area contributed by atoms with Crippen LogP contribution in [0, 0.1) is 0 Å². The summed E-state index contributed by atoms with van der Waals surface area (Å²) in [5.41, 5.74) is 0.474. The van der Waals surface area contributed by atoms with Crippen molar-refractivity contribution in [2.45, 2.75) is 0 Å². The van der Waals surface area contributed by atoms with E-state index in [0.717, 1.165) is 13.1 Å². The SMILES string of the molecule is COc1cccc(OCC(=O)NCCN2CCN(C(=O)c3cn(C)nc3OC)CC2)c1. The van der Waals surface area contributed by atoms with E-state index in [9.17, 15) is 9.59 Å². The molecule has 1 aliphatic rings. The van der Waals surface area contributed by atoms with Crippen LogP contribution in [-0.4, -0.2) is 91.5 Å². The number of hydrogen-bond acceptors (Lipinski definition) is 7. The molecule has 1 N–H and O–H groups in total. The highest BCUT2D eigenvalue weighted by Crippen LogP contribution is 2.19. The van der Waals surface area contributed by atoms with Crippen molar-refractivity contribution in [1.29, 1.82) is 0 Å². The van der Waals surface area contributed by atoms with Crippen molar-refractivity contribution < 1.29 is 23.8 Å². The molecule has 0 saturated carbocycles. The van der Waals surface area contributed by atoms with Crippen LogP contribution >= 0.6 is 0 Å². The van der Waals surface area contributed by atoms with Crippen LogP contribution in [0.25, 0.3) is 0 Å². The minimum Gasteiger partial charge on any atom is -0.497 e. The molecule has 0 unspecified atom stereocenters. The summed E-state index contributed by atoms with van der Waals surface area (Å²) in [5, 5.41) is 7.00. The molecule has 3 rings (SSSR count). The molecule has 0 aliphatic carbocycles. The number of rotatable bonds is 9. The Morgan fingerprint density at radius 3 is 2.55 bits per heavy atom. The lowest BCUT2D eigenvalue weighted by molar-refractivity contribution is -0.123. The number of carbonyl (C=O) groups excluding carboxylic acids is 2. The molecular weight excluding hydrogens is 402 g/mol. The lowest BCUT2D eigenvalue weighted by Crippen LogP contribution is -2.50. The van der Waals surface area contributed by atoms with E-state index in [0.29, 0.717) is 49.1 Å². The Labute approximate surface area is 181 Å². The van der Waals surface area contributed by atoms with E-state index in [-0.39, 0.29) is 18.4 Å². The zero-order valence-corrected chi connectivity index (χ0v) is 18.2. The predicted octanol–water partition coefficient (Wildman–Crippen LogP) is 0.390. The zero-order chi connectivity index (χ0) is 22.2. The summed E-state index contributed by atoms with van der Waals surface area (Å²) >= 11 is 0. The predicted molar refractivity (Wildman–Crippen MR) is 114 cm³/mol. The molecule has 10 nitrogen and oxygen atoms in total. The average molecular weight is 431 g/mol. The Balaban J connectivity index is 1.35. The molecule has 2 heterocycles. The molecular formula is C21H29N5O5. The monoisotopic (exact) mass is 431 g/mol. The number of hydrogen-bond donors (Lipinski definition) is 1. The van der Waals surface area contributed by atoms with E-state index in [1.54, 1.807) is 48.1 Å². The summed E-state index contributed by atoms with van der Waals surface area (Å²) < 4.78 is 17.4. The van der Waals surface area contributed by atoms with E-state index in [2.05, 4.69) is 15.3 Å². The minimum absolute atomic E-state index is 0.0532. The molecule has 1 aromatic carbocycles. The second-order valence-electron chi connectivity index (χ2n) is 7.18. The molecule has 0 spiro atoms. The van der Waals surface area contributed by atoms with Gasteiger partial charge in [-0.25, -0.2) is 0 Å². The van der Waals surface area contributed by atoms with E-state index in [4.69, 9.17) is 14.2 Å². The van der Waals surface area contributed by atoms with Gasteiger partial charge in [0.15, 0.2) is 6.61 Å². The zero-order valence-electron chi connectivity index (χ0n) is 18.2. The molecule has 1 fully saturated rings. The summed E-state index contributed by atoms with van der Waals surface area (Å²) in [6.45, 7) is 3.89. The van der Waals surface area contributed by atoms with Gasteiger partial charge in [0.25, 0.3) is 11.8 Å². The van der Waals surface area contributed by atoms with Crippen LogP contribution < -0.4 is 19.5 Å². The van der Waals surface area contributed by atoms with Crippen molar-refractivity contribution in [3.8, 4) is 17.4 Å². The second-order valence-corrected chi connectivity index (χ2v) is 7.18. The van der Waals surface area contributed by atoms with Gasteiger partial charge in [-0.2, -0.15) is 0 Å². The third-order valence-corrected chi connectivity index (χ3v) is 5.04. The fourth-order valence-electron chi connectivity index (χ4n) is 3.35. The maximum absolute atomic E-state index is 12.7. The van der Waals surface area contributed by atoms with Crippen LogP contribution in [0.15, 0.2) is 30.5 Å². The van der Waals surface area contributed by atoms with E-state index < -0.39 is 0 Å². The van der Waals surface area contributed by atoms with Gasteiger partial charge in [0.2, 0.25) is 5.88 Å². The van der Waals surface area contributed by atoms with Gasteiger partial charge < -0.3 is 24.4 Å². The van der Waals surface area contributed by atoms with Crippen LogP contribution in [0.1, 0.15) is 10.4 Å². The molecule has 31 heavy (non-hydrogen) atoms. The first kappa shape index (κ1) is 22.4. The van der Waals surface area contributed by atoms with Gasteiger partial charge in [-0.15, -0.1) is 5.10 Å². The number of nitrogens with zero attached hydrogens (tertiary/aromatic N) is 4. The summed E-state index contributed by atoms with van der Waals surface area (Å²) in [6, 6.07) is 7.13. The van der Waals surface area contributed by atoms with E-state index >= 15 is 0 Å². The highest BCUT2D eigenvalue weighted by Gasteiger charge is 2.26. The summed E-state index contributed by atoms with van der Waals surface area (Å²) in [4.78, 5) is 28.8. The average Bonchev–Trinajstić information content (AvgIpc) is 3.18. The quantitative estimate of drug-likeness (QED) is 0.613. The van der Waals surface area contributed by atoms with Gasteiger partial charge in [0.1, 0.15) is 17.1 Å². The Hall–Kier alpha value is -3.27.